The fourth-order valence-corrected chi connectivity index (χ4v) is 4.51. The monoisotopic (exact) mass is 335 g/mol. The molecule has 0 unspecified atom stereocenters. The van der Waals surface area contributed by atoms with Gasteiger partial charge in [0, 0.05) is 32.8 Å². The maximum Gasteiger partial charge on any atom is 0.303 e. The SMILES string of the molecule is CO[C@H]1O[C@H](COC(C)=O)[C@@H](OC(C)=O)[C@@]2(C#N)[C@@H]1[C@H]1C=C[C@@H]2C1. The van der Waals surface area contributed by atoms with Crippen LogP contribution in [0.15, 0.2) is 12.2 Å². The summed E-state index contributed by atoms with van der Waals surface area (Å²) in [6.45, 7) is 2.50. The molecule has 0 N–H and O–H groups in total. The predicted octanol–water partition coefficient (Wildman–Crippen LogP) is 1.18. The average molecular weight is 335 g/mol. The first kappa shape index (κ1) is 16.9. The minimum Gasteiger partial charge on any atom is -0.463 e. The van der Waals surface area contributed by atoms with E-state index in [-0.39, 0.29) is 24.4 Å². The average Bonchev–Trinajstić information content (AvgIpc) is 3.13. The molecule has 1 saturated carbocycles. The largest absolute Gasteiger partial charge is 0.463 e. The molecule has 1 heterocycles. The molecule has 2 fully saturated rings. The van der Waals surface area contributed by atoms with Crippen LogP contribution in [0.3, 0.4) is 0 Å². The lowest BCUT2D eigenvalue weighted by Crippen LogP contribution is -2.62. The highest BCUT2D eigenvalue weighted by atomic mass is 16.7. The highest BCUT2D eigenvalue weighted by Crippen LogP contribution is 2.62. The van der Waals surface area contributed by atoms with Crippen LogP contribution in [0.5, 0.6) is 0 Å². The maximum atomic E-state index is 11.7. The molecule has 3 rings (SSSR count). The first-order valence-electron chi connectivity index (χ1n) is 8.02. The zero-order valence-electron chi connectivity index (χ0n) is 13.9. The molecule has 1 saturated heterocycles. The van der Waals surface area contributed by atoms with Crippen LogP contribution < -0.4 is 0 Å². The fourth-order valence-electron chi connectivity index (χ4n) is 4.51. The molecule has 130 valence electrons. The number of fused-ring (bicyclic) bond motifs is 5. The number of esters is 2. The van der Waals surface area contributed by atoms with E-state index in [0.717, 1.165) is 6.42 Å². The molecule has 24 heavy (non-hydrogen) atoms. The zero-order valence-corrected chi connectivity index (χ0v) is 13.9. The van der Waals surface area contributed by atoms with Gasteiger partial charge in [-0.15, -0.1) is 0 Å². The summed E-state index contributed by atoms with van der Waals surface area (Å²) in [5, 5.41) is 10.1. The molecule has 7 nitrogen and oxygen atoms in total. The molecule has 1 aliphatic heterocycles. The lowest BCUT2D eigenvalue weighted by atomic mass is 9.62. The summed E-state index contributed by atoms with van der Waals surface area (Å²) in [7, 11) is 1.53. The highest BCUT2D eigenvalue weighted by Gasteiger charge is 2.69. The molecular weight excluding hydrogens is 314 g/mol. The van der Waals surface area contributed by atoms with Gasteiger partial charge in [-0.05, 0) is 12.3 Å². The fraction of sp³-hybridized carbons (Fsp3) is 0.706. The van der Waals surface area contributed by atoms with Gasteiger partial charge in [0.25, 0.3) is 0 Å². The Morgan fingerprint density at radius 3 is 2.67 bits per heavy atom. The topological polar surface area (TPSA) is 94.8 Å². The Balaban J connectivity index is 2.00. The van der Waals surface area contributed by atoms with Gasteiger partial charge < -0.3 is 18.9 Å². The number of hydrogen-bond acceptors (Lipinski definition) is 7. The van der Waals surface area contributed by atoms with E-state index >= 15 is 0 Å². The third kappa shape index (κ3) is 2.41. The lowest BCUT2D eigenvalue weighted by molar-refractivity contribution is -0.287. The van der Waals surface area contributed by atoms with Crippen molar-refractivity contribution in [2.24, 2.45) is 23.2 Å². The Morgan fingerprint density at radius 1 is 1.33 bits per heavy atom. The van der Waals surface area contributed by atoms with Crippen LogP contribution in [-0.4, -0.2) is 44.2 Å². The Morgan fingerprint density at radius 2 is 2.08 bits per heavy atom. The second-order valence-electron chi connectivity index (χ2n) is 6.57. The molecule has 2 bridgehead atoms. The summed E-state index contributed by atoms with van der Waals surface area (Å²) in [4.78, 5) is 22.8. The number of rotatable bonds is 4. The number of ether oxygens (including phenoxy) is 4. The van der Waals surface area contributed by atoms with Crippen LogP contribution in [0.25, 0.3) is 0 Å². The minimum atomic E-state index is -0.936. The van der Waals surface area contributed by atoms with E-state index in [0.29, 0.717) is 0 Å². The van der Waals surface area contributed by atoms with Gasteiger partial charge >= 0.3 is 11.9 Å². The second kappa shape index (κ2) is 6.19. The van der Waals surface area contributed by atoms with Crippen LogP contribution in [-0.2, 0) is 28.5 Å². The van der Waals surface area contributed by atoms with Crippen molar-refractivity contribution in [2.75, 3.05) is 13.7 Å². The van der Waals surface area contributed by atoms with Gasteiger partial charge in [0.2, 0.25) is 0 Å². The van der Waals surface area contributed by atoms with Crippen molar-refractivity contribution in [2.45, 2.75) is 38.8 Å². The number of carbonyl (C=O) groups is 2. The Labute approximate surface area is 140 Å². The lowest BCUT2D eigenvalue weighted by Gasteiger charge is -2.50. The number of allylic oxidation sites excluding steroid dienone is 2. The van der Waals surface area contributed by atoms with E-state index in [9.17, 15) is 14.9 Å². The van der Waals surface area contributed by atoms with Crippen LogP contribution in [0.1, 0.15) is 20.3 Å². The third-order valence-electron chi connectivity index (χ3n) is 5.32. The van der Waals surface area contributed by atoms with E-state index < -0.39 is 35.9 Å². The Bertz CT molecular complexity index is 611. The van der Waals surface area contributed by atoms with Crippen molar-refractivity contribution < 1.29 is 28.5 Å². The molecule has 7 heteroatoms. The summed E-state index contributed by atoms with van der Waals surface area (Å²) in [6, 6.07) is 2.42. The molecular formula is C17H21NO6. The zero-order chi connectivity index (χ0) is 17.5. The van der Waals surface area contributed by atoms with Gasteiger partial charge in [0.1, 0.15) is 18.1 Å². The Hall–Kier alpha value is -1.91. The van der Waals surface area contributed by atoms with E-state index in [4.69, 9.17) is 18.9 Å². The molecule has 7 atom stereocenters. The van der Waals surface area contributed by atoms with Gasteiger partial charge in [0.15, 0.2) is 12.4 Å². The molecule has 0 amide bonds. The number of methoxy groups -OCH3 is 1. The van der Waals surface area contributed by atoms with Gasteiger partial charge in [-0.2, -0.15) is 5.26 Å². The van der Waals surface area contributed by atoms with Crippen LogP contribution >= 0.6 is 0 Å². The van der Waals surface area contributed by atoms with Crippen molar-refractivity contribution in [3.8, 4) is 6.07 Å². The van der Waals surface area contributed by atoms with E-state index in [2.05, 4.69) is 12.1 Å². The molecule has 3 aliphatic rings. The third-order valence-corrected chi connectivity index (χ3v) is 5.32. The quantitative estimate of drug-likeness (QED) is 0.562. The van der Waals surface area contributed by atoms with E-state index in [1.54, 1.807) is 0 Å². The molecule has 0 radical (unpaired) electrons. The maximum absolute atomic E-state index is 11.7. The number of hydrogen-bond donors (Lipinski definition) is 0. The number of nitrogens with zero attached hydrogens (tertiary/aromatic N) is 1. The number of carbonyl (C=O) groups excluding carboxylic acids is 2. The summed E-state index contributed by atoms with van der Waals surface area (Å²) in [6.07, 6.45) is 2.73. The molecule has 0 aromatic heterocycles. The minimum absolute atomic E-state index is 0.0387. The summed E-state index contributed by atoms with van der Waals surface area (Å²) in [5.74, 6) is -1.07. The van der Waals surface area contributed by atoms with E-state index in [1.165, 1.54) is 21.0 Å². The smallest absolute Gasteiger partial charge is 0.303 e. The molecule has 0 aromatic rings. The van der Waals surface area contributed by atoms with Crippen molar-refractivity contribution in [1.82, 2.24) is 0 Å². The summed E-state index contributed by atoms with van der Waals surface area (Å²) >= 11 is 0. The summed E-state index contributed by atoms with van der Waals surface area (Å²) < 4.78 is 22.0. The van der Waals surface area contributed by atoms with Gasteiger partial charge in [0.05, 0.1) is 6.07 Å². The first-order chi connectivity index (χ1) is 11.4. The molecule has 2 aliphatic carbocycles. The van der Waals surface area contributed by atoms with E-state index in [1.807, 2.05) is 6.08 Å². The number of nitriles is 1. The van der Waals surface area contributed by atoms with Gasteiger partial charge in [-0.3, -0.25) is 9.59 Å². The van der Waals surface area contributed by atoms with Crippen molar-refractivity contribution >= 4 is 11.9 Å². The molecule has 0 aromatic carbocycles. The summed E-state index contributed by atoms with van der Waals surface area (Å²) in [5.41, 5.74) is -0.936. The van der Waals surface area contributed by atoms with Gasteiger partial charge in [-0.1, -0.05) is 12.2 Å². The van der Waals surface area contributed by atoms with Crippen molar-refractivity contribution in [3.05, 3.63) is 12.2 Å². The highest BCUT2D eigenvalue weighted by molar-refractivity contribution is 5.67. The first-order valence-corrected chi connectivity index (χ1v) is 8.02. The predicted molar refractivity (Wildman–Crippen MR) is 80.1 cm³/mol. The molecule has 0 spiro atoms. The van der Waals surface area contributed by atoms with Crippen molar-refractivity contribution in [3.63, 3.8) is 0 Å². The van der Waals surface area contributed by atoms with Gasteiger partial charge in [-0.25, -0.2) is 0 Å². The second-order valence-corrected chi connectivity index (χ2v) is 6.57. The standard InChI is InChI=1S/C17H21NO6/c1-9(19)22-7-13-15(23-10(2)20)17(8-18)12-5-4-11(6-12)14(17)16(21-3)24-13/h4-5,11-16H,6-7H2,1-3H3/t11-,12+,13+,14+,15+,16-,17+/m0/s1. The normalized spacial score (nSPS) is 42.2. The van der Waals surface area contributed by atoms with Crippen LogP contribution in [0.2, 0.25) is 0 Å². The van der Waals surface area contributed by atoms with Crippen molar-refractivity contribution in [1.29, 1.82) is 5.26 Å². The van der Waals surface area contributed by atoms with Crippen LogP contribution in [0, 0.1) is 34.5 Å². The van der Waals surface area contributed by atoms with Crippen LogP contribution in [0.4, 0.5) is 0 Å². The Kier molecular flexibility index (Phi) is 4.37.